The van der Waals surface area contributed by atoms with E-state index in [1.807, 2.05) is 23.9 Å². The standard InChI is InChI=1S/C13H20N2O3S/c16-13(12-10-19-8-5-14-12)15-4-2-6-17-9-11-3-1-7-18-11/h1,3,7,12,14H,2,4-6,8-10H2,(H,15,16). The fraction of sp³-hybridized carbons (Fsp3) is 0.615. The first-order valence-corrected chi connectivity index (χ1v) is 7.70. The summed E-state index contributed by atoms with van der Waals surface area (Å²) in [7, 11) is 0. The molecule has 0 aliphatic carbocycles. The molecule has 1 aliphatic rings. The van der Waals surface area contributed by atoms with Crippen molar-refractivity contribution in [2.75, 3.05) is 31.2 Å². The van der Waals surface area contributed by atoms with Crippen LogP contribution in [0.4, 0.5) is 0 Å². The van der Waals surface area contributed by atoms with E-state index in [2.05, 4.69) is 10.6 Å². The van der Waals surface area contributed by atoms with Gasteiger partial charge < -0.3 is 19.8 Å². The zero-order valence-corrected chi connectivity index (χ0v) is 11.7. The summed E-state index contributed by atoms with van der Waals surface area (Å²) in [4.78, 5) is 11.8. The first-order chi connectivity index (χ1) is 9.36. The molecule has 1 atom stereocenters. The van der Waals surface area contributed by atoms with Crippen LogP contribution >= 0.6 is 11.8 Å². The zero-order valence-electron chi connectivity index (χ0n) is 10.9. The summed E-state index contributed by atoms with van der Waals surface area (Å²) in [6.07, 6.45) is 2.44. The number of carbonyl (C=O) groups is 1. The van der Waals surface area contributed by atoms with Crippen LogP contribution in [-0.4, -0.2) is 43.2 Å². The predicted molar refractivity (Wildman–Crippen MR) is 75.1 cm³/mol. The van der Waals surface area contributed by atoms with Crippen LogP contribution in [0.3, 0.4) is 0 Å². The lowest BCUT2D eigenvalue weighted by Gasteiger charge is -2.22. The van der Waals surface area contributed by atoms with E-state index in [1.54, 1.807) is 6.26 Å². The van der Waals surface area contributed by atoms with Crippen LogP contribution in [0.2, 0.25) is 0 Å². The number of ether oxygens (including phenoxy) is 1. The topological polar surface area (TPSA) is 63.5 Å². The van der Waals surface area contributed by atoms with Gasteiger partial charge in [0.2, 0.25) is 5.91 Å². The lowest BCUT2D eigenvalue weighted by molar-refractivity contribution is -0.122. The van der Waals surface area contributed by atoms with Crippen molar-refractivity contribution in [2.45, 2.75) is 19.1 Å². The number of furan rings is 1. The van der Waals surface area contributed by atoms with Gasteiger partial charge in [0.1, 0.15) is 12.4 Å². The van der Waals surface area contributed by atoms with E-state index in [4.69, 9.17) is 9.15 Å². The summed E-state index contributed by atoms with van der Waals surface area (Å²) in [5.74, 6) is 2.87. The van der Waals surface area contributed by atoms with Gasteiger partial charge in [-0.15, -0.1) is 0 Å². The van der Waals surface area contributed by atoms with E-state index >= 15 is 0 Å². The maximum atomic E-state index is 11.8. The normalized spacial score (nSPS) is 19.3. The molecule has 1 aromatic rings. The second-order valence-corrected chi connectivity index (χ2v) is 5.51. The molecule has 2 rings (SSSR count). The van der Waals surface area contributed by atoms with Crippen LogP contribution in [0, 0.1) is 0 Å². The summed E-state index contributed by atoms with van der Waals surface area (Å²) in [6, 6.07) is 3.69. The van der Waals surface area contributed by atoms with Crippen molar-refractivity contribution >= 4 is 17.7 Å². The van der Waals surface area contributed by atoms with Crippen LogP contribution in [0.1, 0.15) is 12.2 Å². The molecule has 1 aliphatic heterocycles. The second kappa shape index (κ2) is 8.24. The summed E-state index contributed by atoms with van der Waals surface area (Å²) in [5, 5.41) is 6.14. The minimum absolute atomic E-state index is 0.0391. The van der Waals surface area contributed by atoms with Crippen molar-refractivity contribution in [1.29, 1.82) is 0 Å². The molecule has 2 heterocycles. The number of hydrogen-bond donors (Lipinski definition) is 2. The Labute approximate surface area is 117 Å². The van der Waals surface area contributed by atoms with E-state index in [0.717, 1.165) is 30.2 Å². The molecular formula is C13H20N2O3S. The number of carbonyl (C=O) groups excluding carboxylic acids is 1. The molecule has 106 valence electrons. The molecule has 6 heteroatoms. The van der Waals surface area contributed by atoms with Gasteiger partial charge in [0.25, 0.3) is 0 Å². The highest BCUT2D eigenvalue weighted by Crippen LogP contribution is 2.07. The van der Waals surface area contributed by atoms with Crippen molar-refractivity contribution in [3.05, 3.63) is 24.2 Å². The number of hydrogen-bond acceptors (Lipinski definition) is 5. The third kappa shape index (κ3) is 5.26. The quantitative estimate of drug-likeness (QED) is 0.732. The molecule has 2 N–H and O–H groups in total. The molecule has 0 saturated carbocycles. The van der Waals surface area contributed by atoms with Crippen molar-refractivity contribution in [1.82, 2.24) is 10.6 Å². The lowest BCUT2D eigenvalue weighted by Crippen LogP contribution is -2.49. The zero-order chi connectivity index (χ0) is 13.3. The Bertz CT molecular complexity index is 364. The molecule has 5 nitrogen and oxygen atoms in total. The fourth-order valence-electron chi connectivity index (χ4n) is 1.81. The van der Waals surface area contributed by atoms with Crippen molar-refractivity contribution < 1.29 is 13.9 Å². The van der Waals surface area contributed by atoms with Gasteiger partial charge in [0.15, 0.2) is 0 Å². The summed E-state index contributed by atoms with van der Waals surface area (Å²) < 4.78 is 10.6. The highest BCUT2D eigenvalue weighted by Gasteiger charge is 2.19. The van der Waals surface area contributed by atoms with E-state index in [1.165, 1.54) is 0 Å². The van der Waals surface area contributed by atoms with Gasteiger partial charge in [-0.05, 0) is 18.6 Å². The summed E-state index contributed by atoms with van der Waals surface area (Å²) >= 11 is 1.82. The number of rotatable bonds is 7. The van der Waals surface area contributed by atoms with Gasteiger partial charge in [-0.3, -0.25) is 4.79 Å². The van der Waals surface area contributed by atoms with E-state index in [9.17, 15) is 4.79 Å². The summed E-state index contributed by atoms with van der Waals surface area (Å²) in [6.45, 7) is 2.67. The Morgan fingerprint density at radius 2 is 2.58 bits per heavy atom. The largest absolute Gasteiger partial charge is 0.467 e. The van der Waals surface area contributed by atoms with E-state index < -0.39 is 0 Å². The van der Waals surface area contributed by atoms with Crippen LogP contribution < -0.4 is 10.6 Å². The molecule has 0 bridgehead atoms. The van der Waals surface area contributed by atoms with Crippen LogP contribution in [0.15, 0.2) is 22.8 Å². The van der Waals surface area contributed by atoms with Gasteiger partial charge in [-0.25, -0.2) is 0 Å². The minimum atomic E-state index is -0.0391. The Morgan fingerprint density at radius 1 is 1.63 bits per heavy atom. The SMILES string of the molecule is O=C(NCCCOCc1ccco1)C1CSCCN1. The van der Waals surface area contributed by atoms with Gasteiger partial charge >= 0.3 is 0 Å². The smallest absolute Gasteiger partial charge is 0.237 e. The second-order valence-electron chi connectivity index (χ2n) is 4.36. The third-order valence-electron chi connectivity index (χ3n) is 2.83. The number of amides is 1. The number of nitrogens with one attached hydrogen (secondary N) is 2. The monoisotopic (exact) mass is 284 g/mol. The molecule has 0 spiro atoms. The maximum Gasteiger partial charge on any atom is 0.237 e. The lowest BCUT2D eigenvalue weighted by atomic mass is 10.3. The Kier molecular flexibility index (Phi) is 6.26. The molecule has 1 aromatic heterocycles. The molecule has 0 aromatic carbocycles. The van der Waals surface area contributed by atoms with Gasteiger partial charge in [0, 0.05) is 31.2 Å². The van der Waals surface area contributed by atoms with Gasteiger partial charge in [-0.1, -0.05) is 0 Å². The highest BCUT2D eigenvalue weighted by atomic mass is 32.2. The van der Waals surface area contributed by atoms with Crippen LogP contribution in [0.5, 0.6) is 0 Å². The highest BCUT2D eigenvalue weighted by molar-refractivity contribution is 7.99. The molecule has 1 amide bonds. The van der Waals surface area contributed by atoms with Crippen LogP contribution in [0.25, 0.3) is 0 Å². The van der Waals surface area contributed by atoms with Crippen molar-refractivity contribution in [3.8, 4) is 0 Å². The molecule has 1 unspecified atom stereocenters. The Hall–Kier alpha value is -0.980. The average molecular weight is 284 g/mol. The molecule has 1 fully saturated rings. The maximum absolute atomic E-state index is 11.8. The third-order valence-corrected chi connectivity index (χ3v) is 3.89. The predicted octanol–water partition coefficient (Wildman–Crippen LogP) is 1.01. The minimum Gasteiger partial charge on any atom is -0.467 e. The molecule has 19 heavy (non-hydrogen) atoms. The summed E-state index contributed by atoms with van der Waals surface area (Å²) in [5.41, 5.74) is 0. The van der Waals surface area contributed by atoms with Crippen LogP contribution in [-0.2, 0) is 16.1 Å². The number of thioether (sulfide) groups is 1. The van der Waals surface area contributed by atoms with E-state index in [-0.39, 0.29) is 11.9 Å². The molecular weight excluding hydrogens is 264 g/mol. The van der Waals surface area contributed by atoms with Gasteiger partial charge in [0.05, 0.1) is 12.3 Å². The molecule has 0 radical (unpaired) electrons. The van der Waals surface area contributed by atoms with Gasteiger partial charge in [-0.2, -0.15) is 11.8 Å². The fourth-order valence-corrected chi connectivity index (χ4v) is 2.74. The van der Waals surface area contributed by atoms with Crippen molar-refractivity contribution in [2.24, 2.45) is 0 Å². The van der Waals surface area contributed by atoms with Crippen molar-refractivity contribution in [3.63, 3.8) is 0 Å². The first kappa shape index (κ1) is 14.4. The Balaban J connectivity index is 1.48. The average Bonchev–Trinajstić information content (AvgIpc) is 2.96. The first-order valence-electron chi connectivity index (χ1n) is 6.55. The Morgan fingerprint density at radius 3 is 3.32 bits per heavy atom. The molecule has 1 saturated heterocycles. The van der Waals surface area contributed by atoms with E-state index in [0.29, 0.717) is 19.8 Å².